The van der Waals surface area contributed by atoms with Crippen LogP contribution in [-0.2, 0) is 21.7 Å². The van der Waals surface area contributed by atoms with Gasteiger partial charge in [0.05, 0.1) is 0 Å². The van der Waals surface area contributed by atoms with Gasteiger partial charge in [-0.2, -0.15) is 0 Å². The molecule has 0 aliphatic heterocycles. The normalized spacial score (nSPS) is 13.0. The molecular formula is C82H80O4. The number of rotatable bonds is 13. The van der Waals surface area contributed by atoms with E-state index in [2.05, 4.69) is 251 Å². The quantitative estimate of drug-likeness (QED) is 0.0868. The number of aryl methyl sites for hydroxylation is 2. The molecule has 0 saturated carbocycles. The average Bonchev–Trinajstić information content (AvgIpc) is 1.75. The van der Waals surface area contributed by atoms with E-state index in [1.54, 1.807) is 12.1 Å². The summed E-state index contributed by atoms with van der Waals surface area (Å²) in [6.07, 6.45) is 0. The number of phenolic OH excluding ortho intramolecular Hbond substituents is 4. The van der Waals surface area contributed by atoms with Crippen molar-refractivity contribution in [1.29, 1.82) is 0 Å². The van der Waals surface area contributed by atoms with Gasteiger partial charge >= 0.3 is 0 Å². The summed E-state index contributed by atoms with van der Waals surface area (Å²) in [7, 11) is 0. The van der Waals surface area contributed by atoms with Crippen LogP contribution in [0.2, 0.25) is 0 Å². The minimum absolute atomic E-state index is 0.00618. The van der Waals surface area contributed by atoms with Crippen molar-refractivity contribution >= 4 is 32.3 Å². The molecule has 2 atom stereocenters. The van der Waals surface area contributed by atoms with Gasteiger partial charge in [0.25, 0.3) is 0 Å². The average molecular weight is 1130 g/mol. The molecule has 0 saturated heterocycles. The second-order valence-corrected chi connectivity index (χ2v) is 26.2. The number of aromatic hydroxyl groups is 4. The van der Waals surface area contributed by atoms with Crippen LogP contribution >= 0.6 is 0 Å². The van der Waals surface area contributed by atoms with E-state index < -0.39 is 0 Å². The molecule has 432 valence electrons. The summed E-state index contributed by atoms with van der Waals surface area (Å²) in [4.78, 5) is 0. The summed E-state index contributed by atoms with van der Waals surface area (Å²) in [5.74, 6) is 1.33. The smallest absolute Gasteiger partial charge is 0.119 e. The van der Waals surface area contributed by atoms with Crippen LogP contribution < -0.4 is 0 Å². The van der Waals surface area contributed by atoms with Crippen molar-refractivity contribution in [3.8, 4) is 34.1 Å². The lowest BCUT2D eigenvalue weighted by atomic mass is 9.72. The zero-order chi connectivity index (χ0) is 61.0. The van der Waals surface area contributed by atoms with Gasteiger partial charge < -0.3 is 20.4 Å². The molecular weight excluding hydrogens is 1050 g/mol. The van der Waals surface area contributed by atoms with Gasteiger partial charge in [0, 0.05) is 44.6 Å². The van der Waals surface area contributed by atoms with Crippen molar-refractivity contribution in [3.05, 3.63) is 308 Å². The number of phenols is 4. The van der Waals surface area contributed by atoms with Crippen LogP contribution in [0.4, 0.5) is 0 Å². The molecule has 0 radical (unpaired) electrons. The van der Waals surface area contributed by atoms with E-state index >= 15 is 0 Å². The third kappa shape index (κ3) is 10.9. The summed E-state index contributed by atoms with van der Waals surface area (Å²) in [6.45, 7) is 26.2. The number of hydrogen-bond donors (Lipinski definition) is 4. The maximum atomic E-state index is 11.2. The summed E-state index contributed by atoms with van der Waals surface area (Å²) >= 11 is 0. The van der Waals surface area contributed by atoms with Crippen molar-refractivity contribution in [1.82, 2.24) is 0 Å². The molecule has 0 aliphatic rings. The molecule has 0 fully saturated rings. The molecule has 12 aromatic rings. The topological polar surface area (TPSA) is 80.9 Å². The standard InChI is InChI=1S/C43H40O2.C39H40O2/c1-26-23-33(17-21-38(26)44)42(3,4)31-11-8-12-32(24-31)43(5,6)34-18-22-39(45)37(25-34)27(2)35-19-15-30-14-13-28-9-7-10-29-16-20-36(35)41(30)40(28)29;1-26-23-33(19-21-36(26)40)38(3,4)31-13-10-14-32(24-31)39(5,6)34-20-22-37(41)35(25-34)27(2)28-15-17-30(18-16-28)29-11-8-7-9-12-29/h7-25,27,44-45H,1-6H3;7-25,27,40-41H,1-6H3. The zero-order valence-corrected chi connectivity index (χ0v) is 51.9. The van der Waals surface area contributed by atoms with Gasteiger partial charge in [-0.15, -0.1) is 0 Å². The molecule has 0 bridgehead atoms. The molecule has 12 aromatic carbocycles. The van der Waals surface area contributed by atoms with E-state index in [-0.39, 0.29) is 33.5 Å². The Morgan fingerprint density at radius 1 is 0.279 bits per heavy atom. The van der Waals surface area contributed by atoms with Crippen LogP contribution in [0.5, 0.6) is 23.0 Å². The van der Waals surface area contributed by atoms with Crippen LogP contribution in [0.15, 0.2) is 231 Å². The maximum Gasteiger partial charge on any atom is 0.119 e. The van der Waals surface area contributed by atoms with Crippen LogP contribution in [0, 0.1) is 13.8 Å². The van der Waals surface area contributed by atoms with Gasteiger partial charge in [0.15, 0.2) is 0 Å². The fraction of sp³-hybridized carbons (Fsp3) is 0.220. The molecule has 2 unspecified atom stereocenters. The summed E-state index contributed by atoms with van der Waals surface area (Å²) < 4.78 is 0. The zero-order valence-electron chi connectivity index (χ0n) is 51.9. The van der Waals surface area contributed by atoms with Crippen LogP contribution in [0.1, 0.15) is 159 Å². The Balaban J connectivity index is 0.000000180. The largest absolute Gasteiger partial charge is 0.508 e. The lowest BCUT2D eigenvalue weighted by Crippen LogP contribution is -2.23. The monoisotopic (exact) mass is 1130 g/mol. The van der Waals surface area contributed by atoms with Crippen LogP contribution in [0.25, 0.3) is 43.4 Å². The minimum Gasteiger partial charge on any atom is -0.508 e. The Labute approximate surface area is 509 Å². The minimum atomic E-state index is -0.304. The molecule has 0 aliphatic carbocycles. The highest BCUT2D eigenvalue weighted by Crippen LogP contribution is 2.45. The van der Waals surface area contributed by atoms with Crippen molar-refractivity contribution in [2.75, 3.05) is 0 Å². The highest BCUT2D eigenvalue weighted by atomic mass is 16.3. The van der Waals surface area contributed by atoms with Gasteiger partial charge in [-0.05, 0) is 148 Å². The van der Waals surface area contributed by atoms with E-state index in [4.69, 9.17) is 0 Å². The Morgan fingerprint density at radius 2 is 0.640 bits per heavy atom. The SMILES string of the molecule is Cc1cc(C(C)(C)c2cccc(C(C)(C)c3ccc(O)c(C(C)c4ccc(-c5ccccc5)cc4)c3)c2)ccc1O.Cc1cc(C(C)(C)c2cccc(C(C)(C)c3ccc(O)c(C(C)c4ccc5ccc6cccc7ccc4c5c67)c3)c2)ccc1O. The lowest BCUT2D eigenvalue weighted by molar-refractivity contribution is 0.464. The second kappa shape index (κ2) is 22.7. The molecule has 4 heteroatoms. The third-order valence-corrected chi connectivity index (χ3v) is 19.4. The van der Waals surface area contributed by atoms with Gasteiger partial charge in [0.1, 0.15) is 23.0 Å². The summed E-state index contributed by atoms with van der Waals surface area (Å²) in [6, 6.07) is 80.6. The lowest BCUT2D eigenvalue weighted by Gasteiger charge is -2.31. The molecule has 12 rings (SSSR count). The predicted octanol–water partition coefficient (Wildman–Crippen LogP) is 21.0. The van der Waals surface area contributed by atoms with E-state index in [0.29, 0.717) is 23.0 Å². The Hall–Kier alpha value is -9.12. The van der Waals surface area contributed by atoms with Crippen LogP contribution in [-0.4, -0.2) is 20.4 Å². The first-order chi connectivity index (χ1) is 40.9. The number of hydrogen-bond acceptors (Lipinski definition) is 4. The van der Waals surface area contributed by atoms with Crippen molar-refractivity contribution in [3.63, 3.8) is 0 Å². The summed E-state index contributed by atoms with van der Waals surface area (Å²) in [5.41, 5.74) is 16.9. The first-order valence-electron chi connectivity index (χ1n) is 30.3. The Morgan fingerprint density at radius 3 is 1.09 bits per heavy atom. The van der Waals surface area contributed by atoms with Crippen LogP contribution in [0.3, 0.4) is 0 Å². The molecule has 0 spiro atoms. The van der Waals surface area contributed by atoms with E-state index in [0.717, 1.165) is 33.4 Å². The highest BCUT2D eigenvalue weighted by molar-refractivity contribution is 6.23. The Bertz CT molecular complexity index is 4430. The van der Waals surface area contributed by atoms with Crippen molar-refractivity contribution < 1.29 is 20.4 Å². The fourth-order valence-electron chi connectivity index (χ4n) is 13.0. The van der Waals surface area contributed by atoms with E-state index in [1.165, 1.54) is 88.0 Å². The number of benzene rings is 12. The molecule has 0 heterocycles. The second-order valence-electron chi connectivity index (χ2n) is 26.2. The molecule has 0 aromatic heterocycles. The first kappa shape index (κ1) is 58.6. The molecule has 86 heavy (non-hydrogen) atoms. The van der Waals surface area contributed by atoms with Gasteiger partial charge in [0.2, 0.25) is 0 Å². The first-order valence-corrected chi connectivity index (χ1v) is 30.3. The van der Waals surface area contributed by atoms with Gasteiger partial charge in [-0.3, -0.25) is 0 Å². The summed E-state index contributed by atoms with van der Waals surface area (Å²) in [5, 5.41) is 50.0. The molecule has 4 nitrogen and oxygen atoms in total. The van der Waals surface area contributed by atoms with Crippen molar-refractivity contribution in [2.45, 2.75) is 117 Å². The fourth-order valence-corrected chi connectivity index (χ4v) is 13.0. The van der Waals surface area contributed by atoms with Gasteiger partial charge in [-0.1, -0.05) is 275 Å². The third-order valence-electron chi connectivity index (χ3n) is 19.4. The van der Waals surface area contributed by atoms with Crippen molar-refractivity contribution in [2.24, 2.45) is 0 Å². The van der Waals surface area contributed by atoms with E-state index in [9.17, 15) is 20.4 Å². The molecule has 0 amide bonds. The van der Waals surface area contributed by atoms with E-state index in [1.807, 2.05) is 50.2 Å². The molecule has 4 N–H and O–H groups in total. The maximum absolute atomic E-state index is 11.2. The Kier molecular flexibility index (Phi) is 15.5. The van der Waals surface area contributed by atoms with Gasteiger partial charge in [-0.25, -0.2) is 0 Å². The highest BCUT2D eigenvalue weighted by Gasteiger charge is 2.32. The predicted molar refractivity (Wildman–Crippen MR) is 360 cm³/mol.